The second-order valence-corrected chi connectivity index (χ2v) is 4.92. The first-order valence-electron chi connectivity index (χ1n) is 6.40. The summed E-state index contributed by atoms with van der Waals surface area (Å²) in [5.41, 5.74) is 0.240. The Morgan fingerprint density at radius 3 is 1.86 bits per heavy atom. The van der Waals surface area contributed by atoms with Crippen LogP contribution in [0.3, 0.4) is 0 Å². The normalized spacial score (nSPS) is 20.8. The minimum Gasteiger partial charge on any atom is -0.396 e. The van der Waals surface area contributed by atoms with Crippen molar-refractivity contribution in [1.29, 1.82) is 0 Å². The van der Waals surface area contributed by atoms with E-state index < -0.39 is 0 Å². The Balaban J connectivity index is 2.64. The van der Waals surface area contributed by atoms with Gasteiger partial charge in [-0.3, -0.25) is 0 Å². The lowest BCUT2D eigenvalue weighted by molar-refractivity contribution is 0.0433. The van der Waals surface area contributed by atoms with Crippen LogP contribution in [0.25, 0.3) is 0 Å². The molecule has 0 amide bonds. The van der Waals surface area contributed by atoms with Crippen molar-refractivity contribution in [1.82, 2.24) is 0 Å². The van der Waals surface area contributed by atoms with Crippen LogP contribution in [0.1, 0.15) is 65.2 Å². The van der Waals surface area contributed by atoms with E-state index in [0.717, 1.165) is 18.8 Å². The Kier molecular flexibility index (Phi) is 4.94. The standard InChI is InChI=1S/C13H26O/c1-3-13(4-2,11-14)12-9-7-5-6-8-10-12/h12,14H,3-11H2,1-2H3. The smallest absolute Gasteiger partial charge is 0.0489 e. The van der Waals surface area contributed by atoms with Crippen LogP contribution < -0.4 is 0 Å². The molecule has 0 saturated heterocycles. The van der Waals surface area contributed by atoms with E-state index in [2.05, 4.69) is 13.8 Å². The van der Waals surface area contributed by atoms with Gasteiger partial charge in [0.15, 0.2) is 0 Å². The van der Waals surface area contributed by atoms with Gasteiger partial charge in [-0.15, -0.1) is 0 Å². The van der Waals surface area contributed by atoms with Crippen molar-refractivity contribution in [3.63, 3.8) is 0 Å². The molecule has 0 radical (unpaired) electrons. The summed E-state index contributed by atoms with van der Waals surface area (Å²) in [5.74, 6) is 0.782. The molecule has 0 aromatic heterocycles. The Morgan fingerprint density at radius 1 is 1.00 bits per heavy atom. The van der Waals surface area contributed by atoms with Gasteiger partial charge in [-0.1, -0.05) is 39.5 Å². The van der Waals surface area contributed by atoms with Crippen LogP contribution in [0, 0.1) is 11.3 Å². The fourth-order valence-corrected chi connectivity index (χ4v) is 3.07. The lowest BCUT2D eigenvalue weighted by Crippen LogP contribution is -2.33. The first-order chi connectivity index (χ1) is 6.79. The maximum absolute atomic E-state index is 9.62. The average molecular weight is 198 g/mol. The molecule has 1 rings (SSSR count). The van der Waals surface area contributed by atoms with Gasteiger partial charge >= 0.3 is 0 Å². The molecule has 1 saturated carbocycles. The fourth-order valence-electron chi connectivity index (χ4n) is 3.07. The van der Waals surface area contributed by atoms with Crippen molar-refractivity contribution in [3.8, 4) is 0 Å². The molecule has 1 nitrogen and oxygen atoms in total. The van der Waals surface area contributed by atoms with Crippen LogP contribution >= 0.6 is 0 Å². The molecule has 0 unspecified atom stereocenters. The molecule has 0 aromatic rings. The van der Waals surface area contributed by atoms with Gasteiger partial charge in [-0.25, -0.2) is 0 Å². The molecular formula is C13H26O. The summed E-state index contributed by atoms with van der Waals surface area (Å²) < 4.78 is 0. The highest BCUT2D eigenvalue weighted by Gasteiger charge is 2.34. The van der Waals surface area contributed by atoms with Crippen molar-refractivity contribution in [2.24, 2.45) is 11.3 Å². The predicted molar refractivity (Wildman–Crippen MR) is 61.3 cm³/mol. The van der Waals surface area contributed by atoms with Gasteiger partial charge in [0, 0.05) is 6.61 Å². The van der Waals surface area contributed by atoms with Crippen LogP contribution in [0.15, 0.2) is 0 Å². The molecule has 14 heavy (non-hydrogen) atoms. The zero-order chi connectivity index (χ0) is 10.4. The number of hydrogen-bond donors (Lipinski definition) is 1. The maximum atomic E-state index is 9.62. The third kappa shape index (κ3) is 2.50. The van der Waals surface area contributed by atoms with Crippen molar-refractivity contribution in [3.05, 3.63) is 0 Å². The van der Waals surface area contributed by atoms with E-state index >= 15 is 0 Å². The molecule has 1 aliphatic rings. The molecule has 1 fully saturated rings. The third-order valence-electron chi connectivity index (χ3n) is 4.44. The molecule has 0 atom stereocenters. The summed E-state index contributed by atoms with van der Waals surface area (Å²) in [6, 6.07) is 0. The van der Waals surface area contributed by atoms with Crippen molar-refractivity contribution in [2.75, 3.05) is 6.61 Å². The second kappa shape index (κ2) is 5.75. The number of aliphatic hydroxyl groups is 1. The van der Waals surface area contributed by atoms with E-state index in [0.29, 0.717) is 6.61 Å². The van der Waals surface area contributed by atoms with Crippen LogP contribution in [0.4, 0.5) is 0 Å². The molecule has 0 aliphatic heterocycles. The maximum Gasteiger partial charge on any atom is 0.0489 e. The van der Waals surface area contributed by atoms with Gasteiger partial charge < -0.3 is 5.11 Å². The number of aliphatic hydroxyl groups excluding tert-OH is 1. The summed E-state index contributed by atoms with van der Waals surface area (Å²) in [7, 11) is 0. The van der Waals surface area contributed by atoms with Gasteiger partial charge in [0.1, 0.15) is 0 Å². The summed E-state index contributed by atoms with van der Waals surface area (Å²) in [4.78, 5) is 0. The molecule has 1 N–H and O–H groups in total. The van der Waals surface area contributed by atoms with Crippen molar-refractivity contribution in [2.45, 2.75) is 65.2 Å². The second-order valence-electron chi connectivity index (χ2n) is 4.92. The fraction of sp³-hybridized carbons (Fsp3) is 1.00. The number of hydrogen-bond acceptors (Lipinski definition) is 1. The molecule has 1 aliphatic carbocycles. The largest absolute Gasteiger partial charge is 0.396 e. The van der Waals surface area contributed by atoms with E-state index in [-0.39, 0.29) is 5.41 Å². The van der Waals surface area contributed by atoms with E-state index in [1.54, 1.807) is 0 Å². The molecule has 0 spiro atoms. The topological polar surface area (TPSA) is 20.2 Å². The lowest BCUT2D eigenvalue weighted by atomic mass is 9.69. The molecule has 1 heteroatoms. The first-order valence-corrected chi connectivity index (χ1v) is 6.40. The minimum absolute atomic E-state index is 0.240. The zero-order valence-corrected chi connectivity index (χ0v) is 9.89. The predicted octanol–water partition coefficient (Wildman–Crippen LogP) is 3.76. The van der Waals surface area contributed by atoms with Gasteiger partial charge in [-0.2, -0.15) is 0 Å². The van der Waals surface area contributed by atoms with Gasteiger partial charge in [0.05, 0.1) is 0 Å². The minimum atomic E-state index is 0.240. The van der Waals surface area contributed by atoms with Gasteiger partial charge in [-0.05, 0) is 37.0 Å². The van der Waals surface area contributed by atoms with Gasteiger partial charge in [0.25, 0.3) is 0 Å². The van der Waals surface area contributed by atoms with Crippen LogP contribution in [-0.4, -0.2) is 11.7 Å². The van der Waals surface area contributed by atoms with Crippen LogP contribution in [0.5, 0.6) is 0 Å². The monoisotopic (exact) mass is 198 g/mol. The average Bonchev–Trinajstić information content (AvgIpc) is 2.51. The molecule has 0 heterocycles. The Hall–Kier alpha value is -0.0400. The SMILES string of the molecule is CCC(CC)(CO)C1CCCCCC1. The highest BCUT2D eigenvalue weighted by atomic mass is 16.3. The highest BCUT2D eigenvalue weighted by Crippen LogP contribution is 2.42. The Morgan fingerprint density at radius 2 is 1.50 bits per heavy atom. The summed E-state index contributed by atoms with van der Waals surface area (Å²) in [5, 5.41) is 9.62. The Bertz CT molecular complexity index is 133. The van der Waals surface area contributed by atoms with E-state index in [1.165, 1.54) is 38.5 Å². The lowest BCUT2D eigenvalue weighted by Gasteiger charge is -2.38. The molecule has 0 bridgehead atoms. The van der Waals surface area contributed by atoms with E-state index in [1.807, 2.05) is 0 Å². The molecule has 0 aromatic carbocycles. The summed E-state index contributed by atoms with van der Waals surface area (Å²) in [6.07, 6.45) is 10.6. The van der Waals surface area contributed by atoms with Crippen molar-refractivity contribution >= 4 is 0 Å². The van der Waals surface area contributed by atoms with Crippen LogP contribution in [-0.2, 0) is 0 Å². The highest BCUT2D eigenvalue weighted by molar-refractivity contribution is 4.85. The van der Waals surface area contributed by atoms with E-state index in [9.17, 15) is 5.11 Å². The van der Waals surface area contributed by atoms with Gasteiger partial charge in [0.2, 0.25) is 0 Å². The molecular weight excluding hydrogens is 172 g/mol. The quantitative estimate of drug-likeness (QED) is 0.682. The summed E-state index contributed by atoms with van der Waals surface area (Å²) >= 11 is 0. The van der Waals surface area contributed by atoms with E-state index in [4.69, 9.17) is 0 Å². The Labute approximate surface area is 88.9 Å². The van der Waals surface area contributed by atoms with Crippen LogP contribution in [0.2, 0.25) is 0 Å². The summed E-state index contributed by atoms with van der Waals surface area (Å²) in [6.45, 7) is 4.87. The van der Waals surface area contributed by atoms with Crippen molar-refractivity contribution < 1.29 is 5.11 Å². The third-order valence-corrected chi connectivity index (χ3v) is 4.44. The molecule has 84 valence electrons. The zero-order valence-electron chi connectivity index (χ0n) is 9.89. The number of rotatable bonds is 4. The first kappa shape index (κ1) is 12.0.